The van der Waals surface area contributed by atoms with Crippen LogP contribution >= 0.6 is 7.82 Å². The van der Waals surface area contributed by atoms with Crippen molar-refractivity contribution in [2.24, 2.45) is 0 Å². The molecular formula is C23H47NO5P+. The maximum atomic E-state index is 11.7. The van der Waals surface area contributed by atoms with Crippen molar-refractivity contribution in [3.05, 3.63) is 12.2 Å². The number of carbonyl (C=O) groups is 1. The molecule has 0 aromatic rings. The lowest BCUT2D eigenvalue weighted by atomic mass is 10.1. The molecule has 0 fully saturated rings. The van der Waals surface area contributed by atoms with Crippen molar-refractivity contribution >= 4 is 13.8 Å². The number of hydrogen-bond acceptors (Lipinski definition) is 4. The molecular weight excluding hydrogens is 401 g/mol. The summed E-state index contributed by atoms with van der Waals surface area (Å²) in [6, 6.07) is 0. The fourth-order valence-electron chi connectivity index (χ4n) is 2.97. The van der Waals surface area contributed by atoms with E-state index in [0.717, 1.165) is 25.7 Å². The molecule has 0 aliphatic rings. The van der Waals surface area contributed by atoms with Gasteiger partial charge in [0.1, 0.15) is 13.2 Å². The first kappa shape index (κ1) is 29.3. The fraction of sp³-hybridized carbons (Fsp3) is 0.870. The van der Waals surface area contributed by atoms with Gasteiger partial charge in [0.05, 0.1) is 21.1 Å². The van der Waals surface area contributed by atoms with Gasteiger partial charge in [0.15, 0.2) is 0 Å². The second kappa shape index (κ2) is 17.9. The van der Waals surface area contributed by atoms with Crippen molar-refractivity contribution in [2.75, 3.05) is 34.3 Å². The third-order valence-corrected chi connectivity index (χ3v) is 5.82. The molecule has 0 aromatic carbocycles. The average molecular weight is 449 g/mol. The molecule has 0 rings (SSSR count). The van der Waals surface area contributed by atoms with Crippen molar-refractivity contribution in [1.82, 2.24) is 0 Å². The van der Waals surface area contributed by atoms with Crippen LogP contribution in [0.15, 0.2) is 12.2 Å². The SMILES string of the molecule is CCCCCCCCC=CCCCCCCCC(=O)OP(=O)(O)OCC[N+](C)(C)C. The van der Waals surface area contributed by atoms with Crippen LogP contribution in [0.25, 0.3) is 0 Å². The summed E-state index contributed by atoms with van der Waals surface area (Å²) in [5, 5.41) is 0. The summed E-state index contributed by atoms with van der Waals surface area (Å²) < 4.78 is 21.8. The third kappa shape index (κ3) is 22.0. The van der Waals surface area contributed by atoms with Gasteiger partial charge in [-0.1, -0.05) is 70.4 Å². The van der Waals surface area contributed by atoms with Crippen molar-refractivity contribution in [2.45, 2.75) is 96.8 Å². The van der Waals surface area contributed by atoms with Gasteiger partial charge in [0.2, 0.25) is 0 Å². The molecule has 0 amide bonds. The summed E-state index contributed by atoms with van der Waals surface area (Å²) >= 11 is 0. The number of nitrogens with zero attached hydrogens (tertiary/aromatic N) is 1. The number of carbonyl (C=O) groups excluding carboxylic acids is 1. The first-order valence-corrected chi connectivity index (χ1v) is 13.3. The number of likely N-dealkylation sites (N-methyl/N-ethyl adjacent to an activating group) is 1. The summed E-state index contributed by atoms with van der Waals surface area (Å²) in [6.07, 6.45) is 20.1. The molecule has 0 aliphatic carbocycles. The standard InChI is InChI=1S/C23H46NO5P/c1-5-6-7-8-9-10-11-12-13-14-15-16-17-18-19-20-23(25)29-30(26,27)28-22-21-24(2,3)4/h12-13H,5-11,14-22H2,1-4H3/p+1. The number of rotatable bonds is 20. The van der Waals surface area contributed by atoms with Crippen molar-refractivity contribution < 1.29 is 27.8 Å². The quantitative estimate of drug-likeness (QED) is 0.101. The lowest BCUT2D eigenvalue weighted by Crippen LogP contribution is -2.37. The Morgan fingerprint density at radius 1 is 0.867 bits per heavy atom. The van der Waals surface area contributed by atoms with Gasteiger partial charge in [-0.25, -0.2) is 4.57 Å². The van der Waals surface area contributed by atoms with Crippen LogP contribution in [0.1, 0.15) is 96.8 Å². The van der Waals surface area contributed by atoms with E-state index in [1.165, 1.54) is 51.4 Å². The summed E-state index contributed by atoms with van der Waals surface area (Å²) in [4.78, 5) is 21.3. The molecule has 0 heterocycles. The van der Waals surface area contributed by atoms with Crippen molar-refractivity contribution in [3.8, 4) is 0 Å². The van der Waals surface area contributed by atoms with Gasteiger partial charge in [0.25, 0.3) is 0 Å². The van der Waals surface area contributed by atoms with Gasteiger partial charge in [-0.2, -0.15) is 0 Å². The van der Waals surface area contributed by atoms with E-state index in [-0.39, 0.29) is 13.0 Å². The molecule has 0 aromatic heterocycles. The summed E-state index contributed by atoms with van der Waals surface area (Å²) in [6.45, 7) is 2.87. The Bertz CT molecular complexity index is 502. The average Bonchev–Trinajstić information content (AvgIpc) is 2.63. The van der Waals surface area contributed by atoms with Gasteiger partial charge in [-0.05, 0) is 32.1 Å². The van der Waals surface area contributed by atoms with Gasteiger partial charge < -0.3 is 9.01 Å². The summed E-state index contributed by atoms with van der Waals surface area (Å²) in [5.74, 6) is -0.663. The van der Waals surface area contributed by atoms with Crippen LogP contribution in [-0.4, -0.2) is 49.6 Å². The van der Waals surface area contributed by atoms with Gasteiger partial charge in [-0.15, -0.1) is 0 Å². The predicted molar refractivity (Wildman–Crippen MR) is 124 cm³/mol. The van der Waals surface area contributed by atoms with Crippen LogP contribution in [-0.2, 0) is 18.4 Å². The highest BCUT2D eigenvalue weighted by Gasteiger charge is 2.26. The topological polar surface area (TPSA) is 72.8 Å². The second-order valence-corrected chi connectivity index (χ2v) is 10.5. The van der Waals surface area contributed by atoms with Crippen LogP contribution in [0.5, 0.6) is 0 Å². The Balaban J connectivity index is 3.54. The smallest absolute Gasteiger partial charge is 0.371 e. The first-order valence-electron chi connectivity index (χ1n) is 11.8. The maximum absolute atomic E-state index is 11.7. The van der Waals surface area contributed by atoms with E-state index >= 15 is 0 Å². The van der Waals surface area contributed by atoms with E-state index in [1.807, 2.05) is 21.1 Å². The summed E-state index contributed by atoms with van der Waals surface area (Å²) in [5.41, 5.74) is 0. The Morgan fingerprint density at radius 3 is 1.90 bits per heavy atom. The molecule has 1 N–H and O–H groups in total. The molecule has 0 aliphatic heterocycles. The normalized spacial score (nSPS) is 14.2. The number of allylic oxidation sites excluding steroid dienone is 2. The lowest BCUT2D eigenvalue weighted by Gasteiger charge is -2.23. The minimum atomic E-state index is -4.29. The Kier molecular flexibility index (Phi) is 17.5. The molecule has 0 radical (unpaired) electrons. The second-order valence-electron chi connectivity index (χ2n) is 9.11. The van der Waals surface area contributed by atoms with Crippen LogP contribution in [0.2, 0.25) is 0 Å². The highest BCUT2D eigenvalue weighted by atomic mass is 31.2. The van der Waals surface area contributed by atoms with Crippen LogP contribution in [0.4, 0.5) is 0 Å². The van der Waals surface area contributed by atoms with E-state index in [1.54, 1.807) is 0 Å². The zero-order valence-corrected chi connectivity index (χ0v) is 20.8. The van der Waals surface area contributed by atoms with Crippen LogP contribution in [0, 0.1) is 0 Å². The number of quaternary nitrogens is 1. The first-order chi connectivity index (χ1) is 14.2. The molecule has 0 saturated heterocycles. The summed E-state index contributed by atoms with van der Waals surface area (Å²) in [7, 11) is 1.55. The van der Waals surface area contributed by atoms with E-state index in [4.69, 9.17) is 4.52 Å². The zero-order chi connectivity index (χ0) is 22.7. The molecule has 0 bridgehead atoms. The number of phosphoric ester groups is 1. The lowest BCUT2D eigenvalue weighted by molar-refractivity contribution is -0.870. The van der Waals surface area contributed by atoms with E-state index in [2.05, 4.69) is 23.6 Å². The molecule has 0 spiro atoms. The molecule has 0 saturated carbocycles. The maximum Gasteiger partial charge on any atom is 0.529 e. The largest absolute Gasteiger partial charge is 0.529 e. The Labute approximate surface area is 185 Å². The zero-order valence-electron chi connectivity index (χ0n) is 19.9. The van der Waals surface area contributed by atoms with Crippen molar-refractivity contribution in [3.63, 3.8) is 0 Å². The molecule has 1 atom stereocenters. The molecule has 6 nitrogen and oxygen atoms in total. The molecule has 1 unspecified atom stereocenters. The highest BCUT2D eigenvalue weighted by molar-refractivity contribution is 7.48. The van der Waals surface area contributed by atoms with Gasteiger partial charge in [0, 0.05) is 6.42 Å². The minimum Gasteiger partial charge on any atom is -0.371 e. The van der Waals surface area contributed by atoms with Gasteiger partial charge >= 0.3 is 13.8 Å². The van der Waals surface area contributed by atoms with Crippen LogP contribution < -0.4 is 0 Å². The minimum absolute atomic E-state index is 0.0674. The number of phosphoric acid groups is 1. The molecule has 30 heavy (non-hydrogen) atoms. The molecule has 178 valence electrons. The van der Waals surface area contributed by atoms with E-state index in [0.29, 0.717) is 17.4 Å². The number of unbranched alkanes of at least 4 members (excludes halogenated alkanes) is 11. The van der Waals surface area contributed by atoms with Gasteiger partial charge in [-0.3, -0.25) is 14.2 Å². The Morgan fingerprint density at radius 2 is 1.37 bits per heavy atom. The monoisotopic (exact) mass is 448 g/mol. The van der Waals surface area contributed by atoms with E-state index in [9.17, 15) is 14.3 Å². The van der Waals surface area contributed by atoms with Crippen LogP contribution in [0.3, 0.4) is 0 Å². The molecule has 7 heteroatoms. The third-order valence-electron chi connectivity index (χ3n) is 4.88. The highest BCUT2D eigenvalue weighted by Crippen LogP contribution is 2.43. The Hall–Kier alpha value is -0.680. The van der Waals surface area contributed by atoms with Crippen molar-refractivity contribution in [1.29, 1.82) is 0 Å². The predicted octanol–water partition coefficient (Wildman–Crippen LogP) is 6.39. The fourth-order valence-corrected chi connectivity index (χ4v) is 3.68. The number of hydrogen-bond donors (Lipinski definition) is 1. The van der Waals surface area contributed by atoms with E-state index < -0.39 is 13.8 Å².